The van der Waals surface area contributed by atoms with Gasteiger partial charge in [-0.25, -0.2) is 0 Å². The van der Waals surface area contributed by atoms with E-state index in [2.05, 4.69) is 13.8 Å². The van der Waals surface area contributed by atoms with Crippen LogP contribution in [0.25, 0.3) is 0 Å². The van der Waals surface area contributed by atoms with Crippen molar-refractivity contribution >= 4 is 11.9 Å². The predicted molar refractivity (Wildman–Crippen MR) is 148 cm³/mol. The first kappa shape index (κ1) is 36.6. The van der Waals surface area contributed by atoms with Crippen molar-refractivity contribution in [2.45, 2.75) is 117 Å². The van der Waals surface area contributed by atoms with Crippen molar-refractivity contribution in [3.05, 3.63) is 58.7 Å². The van der Waals surface area contributed by atoms with Gasteiger partial charge in [0.25, 0.3) is 0 Å². The average Bonchev–Trinajstić information content (AvgIpc) is 2.89. The molecule has 2 aromatic carbocycles. The van der Waals surface area contributed by atoms with E-state index in [1.807, 2.05) is 0 Å². The van der Waals surface area contributed by atoms with Crippen LogP contribution in [0.4, 0.5) is 0 Å². The third-order valence-corrected chi connectivity index (χ3v) is 6.78. The number of phenols is 2. The molecule has 0 radical (unpaired) electrons. The van der Waals surface area contributed by atoms with Crippen LogP contribution in [0.2, 0.25) is 0 Å². The Morgan fingerprint density at radius 3 is 1.18 bits per heavy atom. The third kappa shape index (κ3) is 15.1. The minimum absolute atomic E-state index is 0. The van der Waals surface area contributed by atoms with E-state index in [9.17, 15) is 30.0 Å². The largest absolute Gasteiger partial charge is 2.00 e. The van der Waals surface area contributed by atoms with Crippen LogP contribution in [-0.4, -0.2) is 22.2 Å². The van der Waals surface area contributed by atoms with Gasteiger partial charge in [0.05, 0.1) is 11.9 Å². The van der Waals surface area contributed by atoms with E-state index in [-0.39, 0.29) is 42.1 Å². The van der Waals surface area contributed by atoms with Crippen molar-refractivity contribution in [1.29, 1.82) is 0 Å². The van der Waals surface area contributed by atoms with Gasteiger partial charge in [0.15, 0.2) is 0 Å². The minimum atomic E-state index is -1.32. The monoisotopic (exact) mass is 590 g/mol. The molecule has 0 unspecified atom stereocenters. The first-order valence-electron chi connectivity index (χ1n) is 14.4. The Balaban J connectivity index is 0.000000722. The standard InChI is InChI=1S/2C16H24O3.Zn/c2*1-2-3-4-5-6-7-8-10-13-11-9-12-14(15(13)17)16(18)19;/h2*9,11-12,17H,2-8,10H2,1H3,(H,18,19);/q;;+2/p-2. The fourth-order valence-electron chi connectivity index (χ4n) is 4.46. The molecule has 0 amide bonds. The summed E-state index contributed by atoms with van der Waals surface area (Å²) in [6.07, 6.45) is 18.3. The van der Waals surface area contributed by atoms with Gasteiger partial charge in [-0.15, -0.1) is 0 Å². The third-order valence-electron chi connectivity index (χ3n) is 6.78. The van der Waals surface area contributed by atoms with Gasteiger partial charge in [0.1, 0.15) is 11.5 Å². The number of carboxylic acid groups (broad SMARTS) is 2. The number of aromatic carboxylic acids is 2. The Labute approximate surface area is 247 Å². The fourth-order valence-corrected chi connectivity index (χ4v) is 4.46. The maximum Gasteiger partial charge on any atom is 2.00 e. The molecule has 0 saturated carbocycles. The summed E-state index contributed by atoms with van der Waals surface area (Å²) in [5.41, 5.74) is 1.19. The molecule has 0 saturated heterocycles. The number of unbranched alkanes of at least 4 members (excludes halogenated alkanes) is 12. The van der Waals surface area contributed by atoms with E-state index in [0.717, 1.165) is 38.5 Å². The average molecular weight is 592 g/mol. The Bertz CT molecular complexity index is 882. The number of rotatable bonds is 18. The molecule has 2 rings (SSSR count). The summed E-state index contributed by atoms with van der Waals surface area (Å²) in [4.78, 5) is 21.6. The van der Waals surface area contributed by atoms with Gasteiger partial charge in [0.2, 0.25) is 0 Å². The molecular formula is C32H46O6Zn. The number of aromatic hydroxyl groups is 2. The number of carbonyl (C=O) groups is 2. The van der Waals surface area contributed by atoms with Crippen LogP contribution in [0.3, 0.4) is 0 Å². The van der Waals surface area contributed by atoms with Crippen LogP contribution >= 0.6 is 0 Å². The molecule has 0 aliphatic carbocycles. The molecule has 0 aromatic heterocycles. The van der Waals surface area contributed by atoms with Crippen molar-refractivity contribution in [3.63, 3.8) is 0 Å². The van der Waals surface area contributed by atoms with Crippen LogP contribution in [0.1, 0.15) is 136 Å². The zero-order chi connectivity index (χ0) is 28.2. The zero-order valence-electron chi connectivity index (χ0n) is 24.0. The molecule has 0 aliphatic rings. The molecule has 0 bridgehead atoms. The predicted octanol–water partition coefficient (Wildman–Crippen LogP) is 6.10. The number of carboxylic acids is 2. The zero-order valence-corrected chi connectivity index (χ0v) is 27.0. The van der Waals surface area contributed by atoms with Crippen molar-refractivity contribution in [2.24, 2.45) is 0 Å². The van der Waals surface area contributed by atoms with E-state index >= 15 is 0 Å². The van der Waals surface area contributed by atoms with Gasteiger partial charge in [-0.2, -0.15) is 0 Å². The van der Waals surface area contributed by atoms with Gasteiger partial charge in [-0.05, 0) is 48.9 Å². The van der Waals surface area contributed by atoms with Gasteiger partial charge < -0.3 is 30.0 Å². The maximum atomic E-state index is 10.8. The number of hydrogen-bond donors (Lipinski definition) is 2. The molecule has 0 heterocycles. The molecule has 0 fully saturated rings. The Hall–Kier alpha value is -2.40. The molecule has 7 heteroatoms. The summed E-state index contributed by atoms with van der Waals surface area (Å²) in [5, 5.41) is 41.2. The summed E-state index contributed by atoms with van der Waals surface area (Å²) < 4.78 is 0. The van der Waals surface area contributed by atoms with E-state index in [1.165, 1.54) is 76.3 Å². The number of aryl methyl sites for hydroxylation is 2. The Morgan fingerprint density at radius 2 is 0.872 bits per heavy atom. The van der Waals surface area contributed by atoms with Gasteiger partial charge in [-0.1, -0.05) is 115 Å². The first-order valence-corrected chi connectivity index (χ1v) is 14.4. The minimum Gasteiger partial charge on any atom is -0.545 e. The van der Waals surface area contributed by atoms with Gasteiger partial charge >= 0.3 is 19.5 Å². The first-order chi connectivity index (χ1) is 18.3. The van der Waals surface area contributed by atoms with Crippen LogP contribution < -0.4 is 10.2 Å². The quantitative estimate of drug-likeness (QED) is 0.160. The van der Waals surface area contributed by atoms with Crippen molar-refractivity contribution in [3.8, 4) is 11.5 Å². The summed E-state index contributed by atoms with van der Waals surface area (Å²) in [6, 6.07) is 9.61. The summed E-state index contributed by atoms with van der Waals surface area (Å²) in [7, 11) is 0. The number of hydrogen-bond acceptors (Lipinski definition) is 6. The molecular weight excluding hydrogens is 546 g/mol. The number of carbonyl (C=O) groups excluding carboxylic acids is 2. The van der Waals surface area contributed by atoms with Crippen LogP contribution in [0, 0.1) is 0 Å². The summed E-state index contributed by atoms with van der Waals surface area (Å²) >= 11 is 0. The molecule has 0 aliphatic heterocycles. The normalized spacial score (nSPS) is 10.3. The molecule has 2 aromatic rings. The second-order valence-electron chi connectivity index (χ2n) is 9.94. The fraction of sp³-hybridized carbons (Fsp3) is 0.562. The van der Waals surface area contributed by atoms with E-state index in [1.54, 1.807) is 24.3 Å². The second-order valence-corrected chi connectivity index (χ2v) is 9.94. The number of para-hydroxylation sites is 2. The van der Waals surface area contributed by atoms with Crippen LogP contribution in [0.15, 0.2) is 36.4 Å². The molecule has 0 spiro atoms. The molecule has 39 heavy (non-hydrogen) atoms. The Morgan fingerprint density at radius 1 is 0.564 bits per heavy atom. The van der Waals surface area contributed by atoms with E-state index in [0.29, 0.717) is 11.1 Å². The SMILES string of the molecule is CCCCCCCCCc1cccc(C(=O)[O-])c1O.CCCCCCCCCc1cccc(C(=O)[O-])c1O.[Zn+2]. The van der Waals surface area contributed by atoms with E-state index in [4.69, 9.17) is 0 Å². The van der Waals surface area contributed by atoms with Crippen LogP contribution in [-0.2, 0) is 32.3 Å². The Kier molecular flexibility index (Phi) is 21.0. The maximum absolute atomic E-state index is 10.8. The summed E-state index contributed by atoms with van der Waals surface area (Å²) in [5.74, 6) is -2.90. The summed E-state index contributed by atoms with van der Waals surface area (Å²) in [6.45, 7) is 4.40. The van der Waals surface area contributed by atoms with Gasteiger partial charge in [-0.3, -0.25) is 0 Å². The smallest absolute Gasteiger partial charge is 0.545 e. The topological polar surface area (TPSA) is 121 Å². The van der Waals surface area contributed by atoms with Crippen molar-refractivity contribution < 1.29 is 49.5 Å². The molecule has 6 nitrogen and oxygen atoms in total. The molecule has 212 valence electrons. The second kappa shape index (κ2) is 22.4. The van der Waals surface area contributed by atoms with Crippen molar-refractivity contribution in [2.75, 3.05) is 0 Å². The van der Waals surface area contributed by atoms with E-state index < -0.39 is 11.9 Å². The number of benzene rings is 2. The molecule has 2 N–H and O–H groups in total. The van der Waals surface area contributed by atoms with Gasteiger partial charge in [0, 0.05) is 11.1 Å². The van der Waals surface area contributed by atoms with Crippen LogP contribution in [0.5, 0.6) is 11.5 Å². The molecule has 0 atom stereocenters. The van der Waals surface area contributed by atoms with Crippen molar-refractivity contribution in [1.82, 2.24) is 0 Å².